The van der Waals surface area contributed by atoms with Crippen molar-refractivity contribution in [3.63, 3.8) is 0 Å². The minimum Gasteiger partial charge on any atom is -0.493 e. The minimum absolute atomic E-state index is 0.148. The fraction of sp³-hybridized carbons (Fsp3) is 0.154. The number of benzene rings is 1. The number of hydrogen-bond donors (Lipinski definition) is 1. The van der Waals surface area contributed by atoms with Gasteiger partial charge in [0.15, 0.2) is 17.3 Å². The summed E-state index contributed by atoms with van der Waals surface area (Å²) in [5, 5.41) is 0. The van der Waals surface area contributed by atoms with E-state index in [0.29, 0.717) is 17.1 Å². The van der Waals surface area contributed by atoms with Gasteiger partial charge in [-0.1, -0.05) is 0 Å². The first-order chi connectivity index (χ1) is 9.17. The Hall–Kier alpha value is -2.63. The van der Waals surface area contributed by atoms with Crippen LogP contribution in [0.25, 0.3) is 0 Å². The van der Waals surface area contributed by atoms with Crippen LogP contribution in [0.2, 0.25) is 0 Å². The van der Waals surface area contributed by atoms with Crippen LogP contribution in [-0.4, -0.2) is 30.0 Å². The highest BCUT2D eigenvalue weighted by Gasteiger charge is 2.15. The van der Waals surface area contributed by atoms with Gasteiger partial charge in [-0.05, 0) is 18.2 Å². The van der Waals surface area contributed by atoms with E-state index in [1.165, 1.54) is 26.7 Å². The van der Waals surface area contributed by atoms with Gasteiger partial charge in [-0.2, -0.15) is 0 Å². The lowest BCUT2D eigenvalue weighted by atomic mass is 10.0. The molecule has 1 aromatic heterocycles. The molecule has 0 unspecified atom stereocenters. The number of rotatable bonds is 4. The molecule has 0 bridgehead atoms. The van der Waals surface area contributed by atoms with Crippen LogP contribution in [0.4, 0.5) is 5.82 Å². The maximum Gasteiger partial charge on any atom is 0.198 e. The van der Waals surface area contributed by atoms with Crippen LogP contribution in [0.1, 0.15) is 15.9 Å². The van der Waals surface area contributed by atoms with E-state index in [1.807, 2.05) is 0 Å². The van der Waals surface area contributed by atoms with Crippen LogP contribution in [0.3, 0.4) is 0 Å². The van der Waals surface area contributed by atoms with Crippen molar-refractivity contribution in [1.82, 2.24) is 9.97 Å². The van der Waals surface area contributed by atoms with Gasteiger partial charge in [0, 0.05) is 11.8 Å². The van der Waals surface area contributed by atoms with Gasteiger partial charge < -0.3 is 15.2 Å². The third kappa shape index (κ3) is 2.47. The first kappa shape index (κ1) is 12.8. The average molecular weight is 259 g/mol. The molecule has 2 aromatic rings. The molecule has 0 saturated carbocycles. The number of nitrogens with zero attached hydrogens (tertiary/aromatic N) is 2. The molecule has 2 N–H and O–H groups in total. The van der Waals surface area contributed by atoms with Gasteiger partial charge in [0.25, 0.3) is 0 Å². The Morgan fingerprint density at radius 2 is 1.95 bits per heavy atom. The summed E-state index contributed by atoms with van der Waals surface area (Å²) in [4.78, 5) is 19.9. The molecule has 0 spiro atoms. The summed E-state index contributed by atoms with van der Waals surface area (Å²) >= 11 is 0. The van der Waals surface area contributed by atoms with E-state index >= 15 is 0 Å². The summed E-state index contributed by atoms with van der Waals surface area (Å²) in [5.74, 6) is 0.911. The van der Waals surface area contributed by atoms with Gasteiger partial charge >= 0.3 is 0 Å². The lowest BCUT2D eigenvalue weighted by Crippen LogP contribution is -2.08. The maximum atomic E-state index is 12.3. The van der Waals surface area contributed by atoms with Crippen LogP contribution < -0.4 is 15.2 Å². The number of ether oxygens (including phenoxy) is 2. The predicted molar refractivity (Wildman–Crippen MR) is 69.4 cm³/mol. The van der Waals surface area contributed by atoms with Crippen molar-refractivity contribution in [2.45, 2.75) is 0 Å². The molecule has 1 aromatic carbocycles. The summed E-state index contributed by atoms with van der Waals surface area (Å²) in [7, 11) is 3.04. The van der Waals surface area contributed by atoms with Gasteiger partial charge in [-0.25, -0.2) is 9.97 Å². The molecule has 0 aliphatic rings. The quantitative estimate of drug-likeness (QED) is 0.833. The van der Waals surface area contributed by atoms with Crippen molar-refractivity contribution in [2.75, 3.05) is 20.0 Å². The SMILES string of the molecule is COc1ccc(C(=O)c2cncnc2N)cc1OC. The van der Waals surface area contributed by atoms with Crippen molar-refractivity contribution >= 4 is 11.6 Å². The number of carbonyl (C=O) groups is 1. The van der Waals surface area contributed by atoms with Crippen molar-refractivity contribution < 1.29 is 14.3 Å². The van der Waals surface area contributed by atoms with E-state index in [1.54, 1.807) is 18.2 Å². The van der Waals surface area contributed by atoms with E-state index in [0.717, 1.165) is 0 Å². The second-order valence-corrected chi connectivity index (χ2v) is 3.72. The molecule has 0 aliphatic carbocycles. The first-order valence-electron chi connectivity index (χ1n) is 5.49. The van der Waals surface area contributed by atoms with Crippen molar-refractivity contribution in [2.24, 2.45) is 0 Å². The molecule has 0 atom stereocenters. The lowest BCUT2D eigenvalue weighted by molar-refractivity contribution is 0.103. The molecule has 19 heavy (non-hydrogen) atoms. The Bertz CT molecular complexity index is 614. The highest BCUT2D eigenvalue weighted by atomic mass is 16.5. The number of anilines is 1. The Morgan fingerprint density at radius 3 is 2.58 bits per heavy atom. The number of nitrogens with two attached hydrogens (primary N) is 1. The van der Waals surface area contributed by atoms with Gasteiger partial charge in [0.05, 0.1) is 19.8 Å². The molecule has 0 amide bonds. The number of nitrogen functional groups attached to an aromatic ring is 1. The zero-order valence-corrected chi connectivity index (χ0v) is 10.6. The minimum atomic E-state index is -0.265. The molecule has 1 heterocycles. The standard InChI is InChI=1S/C13H13N3O3/c1-18-10-4-3-8(5-11(10)19-2)12(17)9-6-15-7-16-13(9)14/h3-7H,1-2H3,(H2,14,15,16). The molecule has 0 saturated heterocycles. The molecule has 6 heteroatoms. The summed E-state index contributed by atoms with van der Waals surface area (Å²) in [5.41, 5.74) is 6.35. The zero-order chi connectivity index (χ0) is 13.8. The second kappa shape index (κ2) is 5.34. The summed E-state index contributed by atoms with van der Waals surface area (Å²) < 4.78 is 10.3. The first-order valence-corrected chi connectivity index (χ1v) is 5.49. The number of aromatic nitrogens is 2. The largest absolute Gasteiger partial charge is 0.493 e. The van der Waals surface area contributed by atoms with E-state index in [9.17, 15) is 4.79 Å². The lowest BCUT2D eigenvalue weighted by Gasteiger charge is -2.09. The van der Waals surface area contributed by atoms with E-state index in [2.05, 4.69) is 9.97 Å². The van der Waals surface area contributed by atoms with Crippen LogP contribution >= 0.6 is 0 Å². The molecular formula is C13H13N3O3. The topological polar surface area (TPSA) is 87.3 Å². The highest BCUT2D eigenvalue weighted by molar-refractivity contribution is 6.11. The van der Waals surface area contributed by atoms with Gasteiger partial charge in [0.2, 0.25) is 0 Å². The number of carbonyl (C=O) groups excluding carboxylic acids is 1. The van der Waals surface area contributed by atoms with Crippen LogP contribution in [-0.2, 0) is 0 Å². The average Bonchev–Trinajstić information content (AvgIpc) is 2.46. The van der Waals surface area contributed by atoms with E-state index in [-0.39, 0.29) is 17.2 Å². The van der Waals surface area contributed by atoms with Crippen molar-refractivity contribution in [3.8, 4) is 11.5 Å². The van der Waals surface area contributed by atoms with Crippen LogP contribution in [0.5, 0.6) is 11.5 Å². The molecule has 0 radical (unpaired) electrons. The van der Waals surface area contributed by atoms with E-state index < -0.39 is 0 Å². The number of hydrogen-bond acceptors (Lipinski definition) is 6. The third-order valence-electron chi connectivity index (χ3n) is 2.63. The van der Waals surface area contributed by atoms with Crippen LogP contribution in [0.15, 0.2) is 30.7 Å². The normalized spacial score (nSPS) is 10.0. The third-order valence-corrected chi connectivity index (χ3v) is 2.63. The maximum absolute atomic E-state index is 12.3. The molecule has 0 fully saturated rings. The smallest absolute Gasteiger partial charge is 0.198 e. The molecular weight excluding hydrogens is 246 g/mol. The zero-order valence-electron chi connectivity index (χ0n) is 10.6. The Balaban J connectivity index is 2.42. The molecule has 2 rings (SSSR count). The Kier molecular flexibility index (Phi) is 3.61. The number of ketones is 1. The monoisotopic (exact) mass is 259 g/mol. The van der Waals surface area contributed by atoms with Gasteiger partial charge in [0.1, 0.15) is 12.1 Å². The van der Waals surface area contributed by atoms with Crippen LogP contribution in [0, 0.1) is 0 Å². The van der Waals surface area contributed by atoms with Gasteiger partial charge in [-0.15, -0.1) is 0 Å². The fourth-order valence-corrected chi connectivity index (χ4v) is 1.65. The number of methoxy groups -OCH3 is 2. The van der Waals surface area contributed by atoms with Crippen molar-refractivity contribution in [3.05, 3.63) is 41.9 Å². The summed E-state index contributed by atoms with van der Waals surface area (Å²) in [6.45, 7) is 0. The predicted octanol–water partition coefficient (Wildman–Crippen LogP) is 1.31. The van der Waals surface area contributed by atoms with E-state index in [4.69, 9.17) is 15.2 Å². The Morgan fingerprint density at radius 1 is 1.21 bits per heavy atom. The summed E-state index contributed by atoms with van der Waals surface area (Å²) in [6, 6.07) is 4.88. The highest BCUT2D eigenvalue weighted by Crippen LogP contribution is 2.28. The molecule has 0 aliphatic heterocycles. The molecule has 98 valence electrons. The Labute approximate surface area is 110 Å². The second-order valence-electron chi connectivity index (χ2n) is 3.72. The molecule has 6 nitrogen and oxygen atoms in total. The van der Waals surface area contributed by atoms with Gasteiger partial charge in [-0.3, -0.25) is 4.79 Å². The van der Waals surface area contributed by atoms with Crippen molar-refractivity contribution in [1.29, 1.82) is 0 Å². The summed E-state index contributed by atoms with van der Waals surface area (Å²) in [6.07, 6.45) is 2.68. The fourth-order valence-electron chi connectivity index (χ4n) is 1.65.